The highest BCUT2D eigenvalue weighted by Gasteiger charge is 2.22. The van der Waals surface area contributed by atoms with Crippen molar-refractivity contribution in [2.45, 2.75) is 57.9 Å². The van der Waals surface area contributed by atoms with E-state index in [2.05, 4.69) is 18.8 Å². The predicted octanol–water partition coefficient (Wildman–Crippen LogP) is 3.51. The molecule has 1 aliphatic carbocycles. The zero-order valence-corrected chi connectivity index (χ0v) is 9.60. The number of nitrogens with one attached hydrogen (secondary N) is 1. The first-order chi connectivity index (χ1) is 6.88. The van der Waals surface area contributed by atoms with Crippen molar-refractivity contribution in [3.8, 4) is 0 Å². The van der Waals surface area contributed by atoms with E-state index in [0.29, 0.717) is 0 Å². The van der Waals surface area contributed by atoms with Crippen molar-refractivity contribution < 1.29 is 0 Å². The lowest BCUT2D eigenvalue weighted by molar-refractivity contribution is 0.256. The Balaban J connectivity index is 2.16. The molecule has 1 aliphatic rings. The van der Waals surface area contributed by atoms with E-state index in [9.17, 15) is 0 Å². The van der Waals surface area contributed by atoms with Crippen molar-refractivity contribution in [3.05, 3.63) is 12.7 Å². The summed E-state index contributed by atoms with van der Waals surface area (Å²) >= 11 is 0. The minimum Gasteiger partial charge on any atom is -0.314 e. The predicted molar refractivity (Wildman–Crippen MR) is 63.5 cm³/mol. The minimum atomic E-state index is 0.804. The SMILES string of the molecule is C=CCCCNC1CCCCC1CC. The first kappa shape index (κ1) is 11.8. The van der Waals surface area contributed by atoms with E-state index in [1.165, 1.54) is 45.1 Å². The van der Waals surface area contributed by atoms with Crippen molar-refractivity contribution >= 4 is 0 Å². The fraction of sp³-hybridized carbons (Fsp3) is 0.846. The third kappa shape index (κ3) is 3.83. The van der Waals surface area contributed by atoms with Crippen molar-refractivity contribution in [1.29, 1.82) is 0 Å². The lowest BCUT2D eigenvalue weighted by Gasteiger charge is -2.31. The Morgan fingerprint density at radius 3 is 2.86 bits per heavy atom. The first-order valence-electron chi connectivity index (χ1n) is 6.22. The second kappa shape index (κ2) is 7.05. The van der Waals surface area contributed by atoms with Crippen LogP contribution in [0.3, 0.4) is 0 Å². The van der Waals surface area contributed by atoms with Gasteiger partial charge in [0.2, 0.25) is 0 Å². The van der Waals surface area contributed by atoms with Crippen molar-refractivity contribution in [2.24, 2.45) is 5.92 Å². The van der Waals surface area contributed by atoms with Crippen LogP contribution in [0, 0.1) is 5.92 Å². The molecule has 0 aromatic heterocycles. The molecular weight excluding hydrogens is 170 g/mol. The highest BCUT2D eigenvalue weighted by atomic mass is 14.9. The van der Waals surface area contributed by atoms with Gasteiger partial charge in [-0.2, -0.15) is 0 Å². The van der Waals surface area contributed by atoms with E-state index in [1.807, 2.05) is 6.08 Å². The molecule has 0 aromatic carbocycles. The van der Waals surface area contributed by atoms with Crippen molar-refractivity contribution in [1.82, 2.24) is 5.32 Å². The number of hydrogen-bond acceptors (Lipinski definition) is 1. The largest absolute Gasteiger partial charge is 0.314 e. The van der Waals surface area contributed by atoms with Gasteiger partial charge < -0.3 is 5.32 Å². The van der Waals surface area contributed by atoms with Crippen LogP contribution in [0.2, 0.25) is 0 Å². The molecule has 1 heteroatoms. The van der Waals surface area contributed by atoms with Crippen LogP contribution in [0.15, 0.2) is 12.7 Å². The van der Waals surface area contributed by atoms with Gasteiger partial charge in [-0.3, -0.25) is 0 Å². The van der Waals surface area contributed by atoms with Gasteiger partial charge >= 0.3 is 0 Å². The van der Waals surface area contributed by atoms with Gasteiger partial charge in [0.15, 0.2) is 0 Å². The number of unbranched alkanes of at least 4 members (excludes halogenated alkanes) is 1. The first-order valence-corrected chi connectivity index (χ1v) is 6.22. The Labute approximate surface area is 89.0 Å². The van der Waals surface area contributed by atoms with E-state index < -0.39 is 0 Å². The Hall–Kier alpha value is -0.300. The van der Waals surface area contributed by atoms with Gasteiger partial charge in [0, 0.05) is 6.04 Å². The molecule has 0 heterocycles. The molecule has 0 amide bonds. The average molecular weight is 195 g/mol. The quantitative estimate of drug-likeness (QED) is 0.505. The molecule has 2 atom stereocenters. The van der Waals surface area contributed by atoms with Gasteiger partial charge in [-0.25, -0.2) is 0 Å². The summed E-state index contributed by atoms with van der Waals surface area (Å²) < 4.78 is 0. The molecule has 0 spiro atoms. The minimum absolute atomic E-state index is 0.804. The number of hydrogen-bond donors (Lipinski definition) is 1. The molecule has 14 heavy (non-hydrogen) atoms. The van der Waals surface area contributed by atoms with Crippen molar-refractivity contribution in [2.75, 3.05) is 6.54 Å². The maximum absolute atomic E-state index is 3.75. The van der Waals surface area contributed by atoms with Crippen molar-refractivity contribution in [3.63, 3.8) is 0 Å². The van der Waals surface area contributed by atoms with Crippen LogP contribution in [-0.4, -0.2) is 12.6 Å². The van der Waals surface area contributed by atoms with Crippen LogP contribution in [0.1, 0.15) is 51.9 Å². The van der Waals surface area contributed by atoms with E-state index in [0.717, 1.165) is 18.4 Å². The van der Waals surface area contributed by atoms with Crippen LogP contribution in [0.5, 0.6) is 0 Å². The average Bonchev–Trinajstić information content (AvgIpc) is 2.25. The number of rotatable bonds is 6. The van der Waals surface area contributed by atoms with Gasteiger partial charge in [0.1, 0.15) is 0 Å². The molecule has 1 saturated carbocycles. The summed E-state index contributed by atoms with van der Waals surface area (Å²) in [6.45, 7) is 7.25. The van der Waals surface area contributed by atoms with Gasteiger partial charge in [-0.05, 0) is 38.1 Å². The third-order valence-corrected chi connectivity index (χ3v) is 3.43. The Morgan fingerprint density at radius 2 is 2.14 bits per heavy atom. The topological polar surface area (TPSA) is 12.0 Å². The summed E-state index contributed by atoms with van der Waals surface area (Å²) in [6.07, 6.45) is 11.5. The lowest BCUT2D eigenvalue weighted by Crippen LogP contribution is -2.38. The summed E-state index contributed by atoms with van der Waals surface area (Å²) in [5, 5.41) is 3.71. The second-order valence-corrected chi connectivity index (χ2v) is 4.44. The van der Waals surface area contributed by atoms with E-state index >= 15 is 0 Å². The molecule has 1 nitrogen and oxygen atoms in total. The zero-order chi connectivity index (χ0) is 10.2. The van der Waals surface area contributed by atoms with Gasteiger partial charge in [-0.1, -0.05) is 32.3 Å². The normalized spacial score (nSPS) is 27.5. The fourth-order valence-electron chi connectivity index (χ4n) is 2.50. The fourth-order valence-corrected chi connectivity index (χ4v) is 2.50. The van der Waals surface area contributed by atoms with E-state index in [-0.39, 0.29) is 0 Å². The molecule has 0 aliphatic heterocycles. The van der Waals surface area contributed by atoms with Crippen LogP contribution in [0.4, 0.5) is 0 Å². The maximum atomic E-state index is 3.75. The molecule has 0 bridgehead atoms. The molecule has 0 aromatic rings. The van der Waals surface area contributed by atoms with Crippen LogP contribution < -0.4 is 5.32 Å². The standard InChI is InChI=1S/C13H25N/c1-3-5-8-11-14-13-10-7-6-9-12(13)4-2/h3,12-14H,1,4-11H2,2H3. The summed E-state index contributed by atoms with van der Waals surface area (Å²) in [4.78, 5) is 0. The third-order valence-electron chi connectivity index (χ3n) is 3.43. The maximum Gasteiger partial charge on any atom is 0.00952 e. The highest BCUT2D eigenvalue weighted by Crippen LogP contribution is 2.26. The van der Waals surface area contributed by atoms with Crippen LogP contribution >= 0.6 is 0 Å². The summed E-state index contributed by atoms with van der Waals surface area (Å²) in [5.41, 5.74) is 0. The Bertz CT molecular complexity index is 153. The molecule has 1 fully saturated rings. The zero-order valence-electron chi connectivity index (χ0n) is 9.60. The smallest absolute Gasteiger partial charge is 0.00952 e. The summed E-state index contributed by atoms with van der Waals surface area (Å²) in [5.74, 6) is 0.937. The molecule has 0 saturated heterocycles. The lowest BCUT2D eigenvalue weighted by atomic mass is 9.83. The van der Waals surface area contributed by atoms with E-state index in [4.69, 9.17) is 0 Å². The molecule has 1 N–H and O–H groups in total. The summed E-state index contributed by atoms with van der Waals surface area (Å²) in [6, 6.07) is 0.804. The highest BCUT2D eigenvalue weighted by molar-refractivity contribution is 4.80. The Morgan fingerprint density at radius 1 is 1.36 bits per heavy atom. The molecule has 2 unspecified atom stereocenters. The van der Waals surface area contributed by atoms with Gasteiger partial charge in [0.25, 0.3) is 0 Å². The van der Waals surface area contributed by atoms with Crippen LogP contribution in [-0.2, 0) is 0 Å². The monoisotopic (exact) mass is 195 g/mol. The molecule has 0 radical (unpaired) electrons. The van der Waals surface area contributed by atoms with E-state index in [1.54, 1.807) is 0 Å². The number of allylic oxidation sites excluding steroid dienone is 1. The molecule has 82 valence electrons. The van der Waals surface area contributed by atoms with Gasteiger partial charge in [-0.15, -0.1) is 6.58 Å². The van der Waals surface area contributed by atoms with Gasteiger partial charge in [0.05, 0.1) is 0 Å². The molecular formula is C13H25N. The molecule has 1 rings (SSSR count). The summed E-state index contributed by atoms with van der Waals surface area (Å²) in [7, 11) is 0. The Kier molecular flexibility index (Phi) is 5.93. The second-order valence-electron chi connectivity index (χ2n) is 4.44. The van der Waals surface area contributed by atoms with Crippen LogP contribution in [0.25, 0.3) is 0 Å².